The van der Waals surface area contributed by atoms with Gasteiger partial charge in [0.25, 0.3) is 0 Å². The number of halogens is 3. The Labute approximate surface area is 172 Å². The van der Waals surface area contributed by atoms with Crippen LogP contribution in [0.2, 0.25) is 5.02 Å². The van der Waals surface area contributed by atoms with E-state index in [1.807, 2.05) is 41.2 Å². The lowest BCUT2D eigenvalue weighted by atomic mass is 10.2. The number of nitrogens with zero attached hydrogens (tertiary/aromatic N) is 2. The van der Waals surface area contributed by atoms with Crippen LogP contribution in [0.3, 0.4) is 0 Å². The maximum Gasteiger partial charge on any atom is 0.176 e. The molecule has 2 N–H and O–H groups in total. The van der Waals surface area contributed by atoms with Crippen molar-refractivity contribution in [1.82, 2.24) is 9.78 Å². The van der Waals surface area contributed by atoms with Crippen LogP contribution in [0.4, 0.5) is 11.5 Å². The summed E-state index contributed by atoms with van der Waals surface area (Å²) in [4.78, 5) is 0. The van der Waals surface area contributed by atoms with E-state index >= 15 is 0 Å². The molecule has 128 valence electrons. The lowest BCUT2D eigenvalue weighted by Gasteiger charge is -2.10. The summed E-state index contributed by atoms with van der Waals surface area (Å²) in [5.41, 5.74) is 1.90. The third kappa shape index (κ3) is 5.28. The van der Waals surface area contributed by atoms with Crippen molar-refractivity contribution in [1.29, 1.82) is 0 Å². The lowest BCUT2D eigenvalue weighted by molar-refractivity contribution is 0.690. The van der Waals surface area contributed by atoms with Gasteiger partial charge in [0.2, 0.25) is 0 Å². The molecule has 4 nitrogen and oxygen atoms in total. The van der Waals surface area contributed by atoms with Crippen LogP contribution in [0, 0.1) is 0 Å². The minimum absolute atomic E-state index is 0.429. The number of rotatable bonds is 4. The maximum absolute atomic E-state index is 6.18. The number of hydrogen-bond acceptors (Lipinski definition) is 2. The summed E-state index contributed by atoms with van der Waals surface area (Å²) >= 11 is 18.3. The van der Waals surface area contributed by atoms with E-state index < -0.39 is 0 Å². The number of hydrogen-bond donors (Lipinski definition) is 2. The molecule has 0 amide bonds. The fraction of sp³-hybridized carbons (Fsp3) is 0.0588. The van der Waals surface area contributed by atoms with Gasteiger partial charge in [-0.15, -0.1) is 0 Å². The molecule has 1 heterocycles. The Morgan fingerprint density at radius 1 is 1.04 bits per heavy atom. The number of aromatic nitrogens is 2. The molecular formula is C17H13Br2ClN4S. The van der Waals surface area contributed by atoms with E-state index in [2.05, 4.69) is 59.7 Å². The van der Waals surface area contributed by atoms with Crippen LogP contribution in [-0.4, -0.2) is 14.9 Å². The second kappa shape index (κ2) is 8.31. The lowest BCUT2D eigenvalue weighted by Crippen LogP contribution is -2.19. The van der Waals surface area contributed by atoms with E-state index in [0.717, 1.165) is 14.6 Å². The van der Waals surface area contributed by atoms with Gasteiger partial charge in [0.15, 0.2) is 10.9 Å². The Kier molecular flexibility index (Phi) is 6.11. The highest BCUT2D eigenvalue weighted by Gasteiger charge is 2.06. The predicted octanol–water partition coefficient (Wildman–Crippen LogP) is 5.92. The zero-order valence-corrected chi connectivity index (χ0v) is 17.6. The average Bonchev–Trinajstić information content (AvgIpc) is 2.99. The van der Waals surface area contributed by atoms with Gasteiger partial charge in [-0.1, -0.05) is 55.6 Å². The first-order valence-corrected chi connectivity index (χ1v) is 9.68. The SMILES string of the molecule is S=C(Nc1ccn(Cc2ccc(Br)cc2)n1)Nc1ccc(Br)cc1Cl. The third-order valence-electron chi connectivity index (χ3n) is 3.32. The standard InChI is InChI=1S/C17H13Br2ClN4S/c18-12-3-1-11(2-4-12)10-24-8-7-16(23-24)22-17(25)21-15-6-5-13(19)9-14(15)20/h1-9H,10H2,(H2,21,22,23,25). The second-order valence-corrected chi connectivity index (χ2v) is 7.88. The van der Waals surface area contributed by atoms with Crippen molar-refractivity contribution in [2.24, 2.45) is 0 Å². The van der Waals surface area contributed by atoms with Gasteiger partial charge in [0, 0.05) is 21.2 Å². The number of nitrogens with one attached hydrogen (secondary N) is 2. The van der Waals surface area contributed by atoms with Crippen molar-refractivity contribution >= 4 is 72.3 Å². The summed E-state index contributed by atoms with van der Waals surface area (Å²) < 4.78 is 3.82. The Morgan fingerprint density at radius 3 is 2.48 bits per heavy atom. The van der Waals surface area contributed by atoms with E-state index in [4.69, 9.17) is 23.8 Å². The normalized spacial score (nSPS) is 10.5. The quantitative estimate of drug-likeness (QED) is 0.437. The van der Waals surface area contributed by atoms with Crippen LogP contribution >= 0.6 is 55.7 Å². The topological polar surface area (TPSA) is 41.9 Å². The molecule has 0 unspecified atom stereocenters. The largest absolute Gasteiger partial charge is 0.331 e. The van der Waals surface area contributed by atoms with Gasteiger partial charge < -0.3 is 10.6 Å². The van der Waals surface area contributed by atoms with E-state index in [1.54, 1.807) is 6.07 Å². The number of thiocarbonyl (C=S) groups is 1. The maximum atomic E-state index is 6.18. The van der Waals surface area contributed by atoms with Crippen LogP contribution in [0.5, 0.6) is 0 Å². The van der Waals surface area contributed by atoms with Gasteiger partial charge in [-0.2, -0.15) is 5.10 Å². The highest BCUT2D eigenvalue weighted by atomic mass is 79.9. The Hall–Kier alpha value is -1.41. The Bertz CT molecular complexity index is 896. The zero-order valence-electron chi connectivity index (χ0n) is 12.8. The van der Waals surface area contributed by atoms with Gasteiger partial charge in [-0.05, 0) is 48.1 Å². The molecule has 2 aromatic carbocycles. The van der Waals surface area contributed by atoms with Gasteiger partial charge in [-0.25, -0.2) is 0 Å². The summed E-state index contributed by atoms with van der Waals surface area (Å²) in [5.74, 6) is 0.669. The average molecular weight is 501 g/mol. The van der Waals surface area contributed by atoms with Crippen molar-refractivity contribution < 1.29 is 0 Å². The van der Waals surface area contributed by atoms with E-state index in [-0.39, 0.29) is 0 Å². The molecule has 0 bridgehead atoms. The first-order valence-electron chi connectivity index (χ1n) is 7.30. The highest BCUT2D eigenvalue weighted by molar-refractivity contribution is 9.10. The van der Waals surface area contributed by atoms with Gasteiger partial charge >= 0.3 is 0 Å². The molecule has 0 radical (unpaired) electrons. The molecule has 8 heteroatoms. The summed E-state index contributed by atoms with van der Waals surface area (Å²) in [6.07, 6.45) is 1.90. The van der Waals surface area contributed by atoms with Gasteiger partial charge in [0.05, 0.1) is 17.3 Å². The van der Waals surface area contributed by atoms with Crippen molar-refractivity contribution in [3.05, 3.63) is 74.3 Å². The van der Waals surface area contributed by atoms with Crippen LogP contribution < -0.4 is 10.6 Å². The molecule has 0 aliphatic heterocycles. The van der Waals surface area contributed by atoms with Crippen molar-refractivity contribution in [3.8, 4) is 0 Å². The second-order valence-electron chi connectivity index (χ2n) is 5.23. The van der Waals surface area contributed by atoms with Crippen molar-refractivity contribution in [2.45, 2.75) is 6.54 Å². The Balaban J connectivity index is 1.60. The first kappa shape index (κ1) is 18.4. The smallest absolute Gasteiger partial charge is 0.176 e. The summed E-state index contributed by atoms with van der Waals surface area (Å²) in [7, 11) is 0. The minimum atomic E-state index is 0.429. The molecule has 0 saturated heterocycles. The Morgan fingerprint density at radius 2 is 1.76 bits per heavy atom. The molecule has 0 saturated carbocycles. The third-order valence-corrected chi connectivity index (χ3v) is 4.86. The van der Waals surface area contributed by atoms with Gasteiger partial charge in [0.1, 0.15) is 0 Å². The zero-order chi connectivity index (χ0) is 17.8. The molecule has 0 aliphatic carbocycles. The fourth-order valence-corrected chi connectivity index (χ4v) is 3.35. The van der Waals surface area contributed by atoms with Crippen LogP contribution in [0.25, 0.3) is 0 Å². The summed E-state index contributed by atoms with van der Waals surface area (Å²) in [5, 5.41) is 11.6. The van der Waals surface area contributed by atoms with Gasteiger partial charge in [-0.3, -0.25) is 4.68 Å². The number of anilines is 2. The first-order chi connectivity index (χ1) is 12.0. The molecule has 0 aliphatic rings. The molecule has 0 spiro atoms. The fourth-order valence-electron chi connectivity index (χ4n) is 2.15. The molecule has 0 atom stereocenters. The highest BCUT2D eigenvalue weighted by Crippen LogP contribution is 2.25. The predicted molar refractivity (Wildman–Crippen MR) is 114 cm³/mol. The minimum Gasteiger partial charge on any atom is -0.331 e. The summed E-state index contributed by atoms with van der Waals surface area (Å²) in [6.45, 7) is 0.688. The summed E-state index contributed by atoms with van der Waals surface area (Å²) in [6, 6.07) is 15.6. The molecule has 25 heavy (non-hydrogen) atoms. The number of benzene rings is 2. The van der Waals surface area contributed by atoms with E-state index in [1.165, 1.54) is 5.56 Å². The van der Waals surface area contributed by atoms with E-state index in [0.29, 0.717) is 22.5 Å². The van der Waals surface area contributed by atoms with Crippen molar-refractivity contribution in [2.75, 3.05) is 10.6 Å². The van der Waals surface area contributed by atoms with E-state index in [9.17, 15) is 0 Å². The molecule has 3 rings (SSSR count). The monoisotopic (exact) mass is 498 g/mol. The van der Waals surface area contributed by atoms with Crippen LogP contribution in [0.15, 0.2) is 63.7 Å². The molecule has 1 aromatic heterocycles. The van der Waals surface area contributed by atoms with Crippen LogP contribution in [-0.2, 0) is 6.54 Å². The van der Waals surface area contributed by atoms with Crippen LogP contribution in [0.1, 0.15) is 5.56 Å². The molecule has 3 aromatic rings. The van der Waals surface area contributed by atoms with Crippen molar-refractivity contribution in [3.63, 3.8) is 0 Å². The molecular weight excluding hydrogens is 488 g/mol. The molecule has 0 fully saturated rings.